The third-order valence-electron chi connectivity index (χ3n) is 4.22. The van der Waals surface area contributed by atoms with Crippen LogP contribution in [-0.4, -0.2) is 43.2 Å². The Morgan fingerprint density at radius 1 is 1.15 bits per heavy atom. The summed E-state index contributed by atoms with van der Waals surface area (Å²) in [5, 5.41) is 2.97. The van der Waals surface area contributed by atoms with Crippen molar-refractivity contribution in [1.29, 1.82) is 0 Å². The van der Waals surface area contributed by atoms with Crippen molar-refractivity contribution in [3.05, 3.63) is 59.1 Å². The number of nitrogens with one attached hydrogen (secondary N) is 1. The molecule has 1 heterocycles. The Morgan fingerprint density at radius 3 is 2.38 bits per heavy atom. The van der Waals surface area contributed by atoms with Gasteiger partial charge < -0.3 is 14.4 Å². The second kappa shape index (κ2) is 10.3. The number of hydrogen-bond acceptors (Lipinski definition) is 8. The number of rotatable bonds is 9. The Kier molecular flexibility index (Phi) is 7.82. The molecule has 9 nitrogen and oxygen atoms in total. The lowest BCUT2D eigenvalue weighted by Crippen LogP contribution is -2.13. The van der Waals surface area contributed by atoms with Crippen molar-refractivity contribution in [2.24, 2.45) is 0 Å². The quantitative estimate of drug-likeness (QED) is 0.382. The van der Waals surface area contributed by atoms with Gasteiger partial charge in [-0.05, 0) is 50.2 Å². The molecule has 1 unspecified atom stereocenters. The number of amides is 1. The van der Waals surface area contributed by atoms with Gasteiger partial charge in [-0.1, -0.05) is 0 Å². The number of carbonyl (C=O) groups excluding carboxylic acids is 1. The molecule has 0 saturated carbocycles. The van der Waals surface area contributed by atoms with Crippen molar-refractivity contribution in [3.8, 4) is 17.2 Å². The maximum atomic E-state index is 12.9. The van der Waals surface area contributed by atoms with E-state index < -0.39 is 23.1 Å². The minimum Gasteiger partial charge on any atom is -0.491 e. The van der Waals surface area contributed by atoms with Gasteiger partial charge in [0.1, 0.15) is 17.2 Å². The minimum absolute atomic E-state index is 0.0195. The van der Waals surface area contributed by atoms with E-state index in [9.17, 15) is 22.7 Å². The van der Waals surface area contributed by atoms with Crippen molar-refractivity contribution in [2.45, 2.75) is 31.0 Å². The standard InChI is InChI=1S/C22H25N2O7PS2/c1-14(2)30-17-9-15(21(25)24-22-23-12-19(33-22)13-32(3,26)27)10-18(11-17)31-16-5-7-20(8-6-16)34(4,28)29/h5-12,14H,13H2,1-4H3,(H,26,27)(H,23,24,25). The Bertz CT molecular complexity index is 1330. The summed E-state index contributed by atoms with van der Waals surface area (Å²) in [6.45, 7) is 4.96. The number of hydrogen-bond donors (Lipinski definition) is 2. The third kappa shape index (κ3) is 7.66. The molecule has 0 aliphatic rings. The number of sulfone groups is 1. The van der Waals surface area contributed by atoms with Crippen molar-refractivity contribution in [1.82, 2.24) is 4.98 Å². The van der Waals surface area contributed by atoms with Gasteiger partial charge in [0.05, 0.1) is 17.2 Å². The van der Waals surface area contributed by atoms with Crippen LogP contribution in [0.3, 0.4) is 0 Å². The first-order valence-electron chi connectivity index (χ1n) is 10.1. The van der Waals surface area contributed by atoms with E-state index in [1.807, 2.05) is 13.8 Å². The average molecular weight is 525 g/mol. The van der Waals surface area contributed by atoms with Crippen LogP contribution in [0.2, 0.25) is 0 Å². The highest BCUT2D eigenvalue weighted by molar-refractivity contribution is 7.90. The normalized spacial score (nSPS) is 13.4. The maximum Gasteiger partial charge on any atom is 0.257 e. The lowest BCUT2D eigenvalue weighted by molar-refractivity contribution is 0.102. The zero-order valence-electron chi connectivity index (χ0n) is 19.0. The number of benzene rings is 2. The lowest BCUT2D eigenvalue weighted by atomic mass is 10.2. The molecule has 3 aromatic rings. The Morgan fingerprint density at radius 2 is 1.79 bits per heavy atom. The first kappa shape index (κ1) is 25.9. The van der Waals surface area contributed by atoms with Gasteiger partial charge in [0.15, 0.2) is 15.0 Å². The fraction of sp³-hybridized carbons (Fsp3) is 0.273. The number of anilines is 1. The molecule has 1 amide bonds. The highest BCUT2D eigenvalue weighted by Gasteiger charge is 2.17. The number of carbonyl (C=O) groups is 1. The molecule has 2 aromatic carbocycles. The van der Waals surface area contributed by atoms with Crippen LogP contribution >= 0.6 is 18.7 Å². The predicted octanol–water partition coefficient (Wildman–Crippen LogP) is 4.78. The smallest absolute Gasteiger partial charge is 0.257 e. The number of thiazole rings is 1. The zero-order valence-corrected chi connectivity index (χ0v) is 21.5. The van der Waals surface area contributed by atoms with Gasteiger partial charge in [-0.2, -0.15) is 0 Å². The maximum absolute atomic E-state index is 12.9. The summed E-state index contributed by atoms with van der Waals surface area (Å²) in [6, 6.07) is 10.6. The van der Waals surface area contributed by atoms with Gasteiger partial charge in [0, 0.05) is 35.6 Å². The molecule has 34 heavy (non-hydrogen) atoms. The van der Waals surface area contributed by atoms with Crippen LogP contribution in [-0.2, 0) is 20.6 Å². The van der Waals surface area contributed by atoms with Gasteiger partial charge >= 0.3 is 0 Å². The van der Waals surface area contributed by atoms with E-state index >= 15 is 0 Å². The van der Waals surface area contributed by atoms with Gasteiger partial charge in [0.2, 0.25) is 7.37 Å². The van der Waals surface area contributed by atoms with Crippen LogP contribution in [0.25, 0.3) is 0 Å². The molecule has 0 fully saturated rings. The Hall–Kier alpha value is -2.72. The summed E-state index contributed by atoms with van der Waals surface area (Å²) in [7, 11) is -6.58. The summed E-state index contributed by atoms with van der Waals surface area (Å²) in [4.78, 5) is 27.3. The van der Waals surface area contributed by atoms with Crippen LogP contribution < -0.4 is 14.8 Å². The molecule has 0 saturated heterocycles. The lowest BCUT2D eigenvalue weighted by Gasteiger charge is -2.14. The SMILES string of the molecule is CC(C)Oc1cc(Oc2ccc(S(C)(=O)=O)cc2)cc(C(=O)Nc2ncc(CP(C)(=O)O)s2)c1. The molecule has 182 valence electrons. The van der Waals surface area contributed by atoms with Crippen LogP contribution in [0, 0.1) is 0 Å². The van der Waals surface area contributed by atoms with E-state index in [2.05, 4.69) is 10.3 Å². The van der Waals surface area contributed by atoms with E-state index in [-0.39, 0.29) is 22.7 Å². The summed E-state index contributed by atoms with van der Waals surface area (Å²) in [5.74, 6) is 0.661. The first-order chi connectivity index (χ1) is 15.8. The fourth-order valence-corrected chi connectivity index (χ4v) is 5.76. The number of nitrogens with zero attached hydrogens (tertiary/aromatic N) is 1. The number of ether oxygens (including phenoxy) is 2. The molecule has 2 N–H and O–H groups in total. The molecular formula is C22H25N2O7PS2. The summed E-state index contributed by atoms with van der Waals surface area (Å²) < 4.78 is 46.5. The highest BCUT2D eigenvalue weighted by Crippen LogP contribution is 2.41. The third-order valence-corrected chi connectivity index (χ3v) is 7.41. The van der Waals surface area contributed by atoms with E-state index in [1.54, 1.807) is 12.1 Å². The van der Waals surface area contributed by atoms with Crippen molar-refractivity contribution in [2.75, 3.05) is 18.2 Å². The van der Waals surface area contributed by atoms with E-state index in [4.69, 9.17) is 9.47 Å². The Labute approximate surface area is 202 Å². The summed E-state index contributed by atoms with van der Waals surface area (Å²) in [6.07, 6.45) is 2.41. The van der Waals surface area contributed by atoms with E-state index in [0.29, 0.717) is 27.3 Å². The molecule has 1 aromatic heterocycles. The fourth-order valence-electron chi connectivity index (χ4n) is 2.89. The van der Waals surface area contributed by atoms with Crippen molar-refractivity contribution < 1.29 is 32.1 Å². The molecule has 12 heteroatoms. The van der Waals surface area contributed by atoms with E-state index in [1.165, 1.54) is 43.2 Å². The zero-order chi connectivity index (χ0) is 25.1. The second-order valence-electron chi connectivity index (χ2n) is 8.00. The van der Waals surface area contributed by atoms with Crippen molar-refractivity contribution >= 4 is 39.6 Å². The molecule has 3 rings (SSSR count). The minimum atomic E-state index is -3.33. The first-order valence-corrected chi connectivity index (χ1v) is 15.1. The van der Waals surface area contributed by atoms with Gasteiger partial charge in [0.25, 0.3) is 5.91 Å². The molecule has 0 aliphatic heterocycles. The summed E-state index contributed by atoms with van der Waals surface area (Å²) in [5.41, 5.74) is 0.251. The predicted molar refractivity (Wildman–Crippen MR) is 131 cm³/mol. The Balaban J connectivity index is 1.83. The molecule has 0 spiro atoms. The van der Waals surface area contributed by atoms with Crippen LogP contribution in [0.15, 0.2) is 53.6 Å². The van der Waals surface area contributed by atoms with Crippen LogP contribution in [0.4, 0.5) is 5.13 Å². The average Bonchev–Trinajstić information content (AvgIpc) is 3.11. The van der Waals surface area contributed by atoms with E-state index in [0.717, 1.165) is 17.6 Å². The topological polar surface area (TPSA) is 132 Å². The molecule has 0 aliphatic carbocycles. The molecule has 0 radical (unpaired) electrons. The monoisotopic (exact) mass is 524 g/mol. The molecular weight excluding hydrogens is 499 g/mol. The van der Waals surface area contributed by atoms with Crippen LogP contribution in [0.1, 0.15) is 29.1 Å². The van der Waals surface area contributed by atoms with Crippen LogP contribution in [0.5, 0.6) is 17.2 Å². The number of aromatic nitrogens is 1. The van der Waals surface area contributed by atoms with Gasteiger partial charge in [-0.3, -0.25) is 14.7 Å². The van der Waals surface area contributed by atoms with Gasteiger partial charge in [-0.15, -0.1) is 11.3 Å². The molecule has 0 bridgehead atoms. The molecule has 1 atom stereocenters. The highest BCUT2D eigenvalue weighted by atomic mass is 32.2. The summed E-state index contributed by atoms with van der Waals surface area (Å²) >= 11 is 1.12. The second-order valence-corrected chi connectivity index (χ2v) is 13.5. The van der Waals surface area contributed by atoms with Gasteiger partial charge in [-0.25, -0.2) is 13.4 Å². The largest absolute Gasteiger partial charge is 0.491 e. The van der Waals surface area contributed by atoms with Crippen molar-refractivity contribution in [3.63, 3.8) is 0 Å².